The number of halogens is 3. The highest BCUT2D eigenvalue weighted by molar-refractivity contribution is 6.03. The molecule has 0 radical (unpaired) electrons. The van der Waals surface area contributed by atoms with E-state index < -0.39 is 23.3 Å². The molecule has 1 aromatic rings. The highest BCUT2D eigenvalue weighted by Gasteiger charge is 2.49. The number of allylic oxidation sites excluding steroid dienone is 1. The number of rotatable bonds is 4. The molecule has 2 atom stereocenters. The number of benzene rings is 1. The molecule has 2 unspecified atom stereocenters. The number of nitrogens with zero attached hydrogens (tertiary/aromatic N) is 4. The van der Waals surface area contributed by atoms with E-state index in [1.54, 1.807) is 31.3 Å². The Morgan fingerprint density at radius 3 is 2.40 bits per heavy atom. The number of anilines is 1. The summed E-state index contributed by atoms with van der Waals surface area (Å²) < 4.78 is 40.4. The summed E-state index contributed by atoms with van der Waals surface area (Å²) in [6.45, 7) is 1.37. The van der Waals surface area contributed by atoms with E-state index in [0.29, 0.717) is 12.8 Å². The summed E-state index contributed by atoms with van der Waals surface area (Å²) in [5.74, 6) is -0.293. The Labute approximate surface area is 173 Å². The smallest absolute Gasteiger partial charge is 0.382 e. The van der Waals surface area contributed by atoms with Gasteiger partial charge in [-0.3, -0.25) is 14.6 Å². The third-order valence-electron chi connectivity index (χ3n) is 5.48. The SMILES string of the molecule is CC(=O)/C(=C\N(C)C)N1C(=O)N(c2ccc(C#N)c(C(F)(F)F)c2)C2CCCCC21. The summed E-state index contributed by atoms with van der Waals surface area (Å²) in [4.78, 5) is 30.2. The van der Waals surface area contributed by atoms with Crippen LogP contribution in [-0.2, 0) is 11.0 Å². The molecule has 0 aromatic heterocycles. The predicted molar refractivity (Wildman–Crippen MR) is 104 cm³/mol. The van der Waals surface area contributed by atoms with Crippen LogP contribution < -0.4 is 4.90 Å². The van der Waals surface area contributed by atoms with Gasteiger partial charge in [-0.2, -0.15) is 18.4 Å². The zero-order chi connectivity index (χ0) is 22.2. The second-order valence-electron chi connectivity index (χ2n) is 7.82. The first-order valence-corrected chi connectivity index (χ1v) is 9.69. The summed E-state index contributed by atoms with van der Waals surface area (Å²) in [6, 6.07) is 3.71. The van der Waals surface area contributed by atoms with Crippen LogP contribution in [0.4, 0.5) is 23.7 Å². The van der Waals surface area contributed by atoms with E-state index in [0.717, 1.165) is 25.0 Å². The lowest BCUT2D eigenvalue weighted by Gasteiger charge is -2.32. The Morgan fingerprint density at radius 1 is 1.23 bits per heavy atom. The fourth-order valence-electron chi connectivity index (χ4n) is 4.26. The van der Waals surface area contributed by atoms with Gasteiger partial charge in [-0.05, 0) is 31.0 Å². The number of amides is 2. The summed E-state index contributed by atoms with van der Waals surface area (Å²) >= 11 is 0. The van der Waals surface area contributed by atoms with Crippen LogP contribution in [0.5, 0.6) is 0 Å². The van der Waals surface area contributed by atoms with Crippen molar-refractivity contribution in [2.75, 3.05) is 19.0 Å². The number of urea groups is 1. The van der Waals surface area contributed by atoms with Gasteiger partial charge in [0.25, 0.3) is 0 Å². The number of ketones is 1. The van der Waals surface area contributed by atoms with Gasteiger partial charge < -0.3 is 4.90 Å². The predicted octanol–water partition coefficient (Wildman–Crippen LogP) is 4.12. The molecule has 9 heteroatoms. The highest BCUT2D eigenvalue weighted by atomic mass is 19.4. The van der Waals surface area contributed by atoms with Crippen molar-refractivity contribution >= 4 is 17.5 Å². The Hall–Kier alpha value is -3.02. The van der Waals surface area contributed by atoms with Crippen molar-refractivity contribution in [3.8, 4) is 6.07 Å². The molecule has 30 heavy (non-hydrogen) atoms. The average molecular weight is 420 g/mol. The molecule has 1 saturated carbocycles. The molecule has 6 nitrogen and oxygen atoms in total. The molecule has 160 valence electrons. The number of fused-ring (bicyclic) bond motifs is 1. The minimum absolute atomic E-state index is 0.0819. The topological polar surface area (TPSA) is 67.7 Å². The highest BCUT2D eigenvalue weighted by Crippen LogP contribution is 2.41. The maximum absolute atomic E-state index is 13.5. The van der Waals surface area contributed by atoms with Crippen molar-refractivity contribution in [3.05, 3.63) is 41.2 Å². The van der Waals surface area contributed by atoms with E-state index in [4.69, 9.17) is 5.26 Å². The molecule has 1 aliphatic carbocycles. The molecule has 1 aromatic carbocycles. The molecule has 2 aliphatic rings. The van der Waals surface area contributed by atoms with Gasteiger partial charge in [0.1, 0.15) is 5.70 Å². The summed E-state index contributed by atoms with van der Waals surface area (Å²) in [7, 11) is 3.46. The van der Waals surface area contributed by atoms with Crippen molar-refractivity contribution < 1.29 is 22.8 Å². The van der Waals surface area contributed by atoms with Crippen molar-refractivity contribution in [2.24, 2.45) is 0 Å². The largest absolute Gasteiger partial charge is 0.417 e. The van der Waals surface area contributed by atoms with Gasteiger partial charge in [-0.1, -0.05) is 12.8 Å². The van der Waals surface area contributed by atoms with Crippen LogP contribution in [-0.4, -0.2) is 47.8 Å². The second kappa shape index (κ2) is 8.01. The Kier molecular flexibility index (Phi) is 5.79. The van der Waals surface area contributed by atoms with E-state index in [-0.39, 0.29) is 29.3 Å². The van der Waals surface area contributed by atoms with E-state index in [2.05, 4.69) is 0 Å². The maximum Gasteiger partial charge on any atom is 0.417 e. The average Bonchev–Trinajstić information content (AvgIpc) is 2.96. The zero-order valence-corrected chi connectivity index (χ0v) is 17.0. The molecule has 3 rings (SSSR count). The van der Waals surface area contributed by atoms with E-state index in [1.807, 2.05) is 0 Å². The van der Waals surface area contributed by atoms with E-state index >= 15 is 0 Å². The number of hydrogen-bond donors (Lipinski definition) is 0. The third-order valence-corrected chi connectivity index (χ3v) is 5.48. The number of carbonyl (C=O) groups is 2. The van der Waals surface area contributed by atoms with Gasteiger partial charge in [-0.25, -0.2) is 4.79 Å². The molecule has 1 saturated heterocycles. The number of alkyl halides is 3. The van der Waals surface area contributed by atoms with E-state index in [9.17, 15) is 22.8 Å². The van der Waals surface area contributed by atoms with Gasteiger partial charge in [-0.15, -0.1) is 0 Å². The molecule has 2 fully saturated rings. The Morgan fingerprint density at radius 2 is 1.87 bits per heavy atom. The van der Waals surface area contributed by atoms with Crippen LogP contribution in [0.25, 0.3) is 0 Å². The van der Waals surface area contributed by atoms with Crippen molar-refractivity contribution in [2.45, 2.75) is 50.9 Å². The van der Waals surface area contributed by atoms with Crippen LogP contribution in [0.3, 0.4) is 0 Å². The molecule has 1 heterocycles. The monoisotopic (exact) mass is 420 g/mol. The minimum Gasteiger partial charge on any atom is -0.382 e. The van der Waals surface area contributed by atoms with Crippen LogP contribution in [0, 0.1) is 11.3 Å². The summed E-state index contributed by atoms with van der Waals surface area (Å²) in [5.41, 5.74) is -1.27. The minimum atomic E-state index is -4.72. The summed E-state index contributed by atoms with van der Waals surface area (Å²) in [5, 5.41) is 9.05. The third kappa shape index (κ3) is 3.86. The molecule has 0 N–H and O–H groups in total. The fraction of sp³-hybridized carbons (Fsp3) is 0.476. The summed E-state index contributed by atoms with van der Waals surface area (Å²) in [6.07, 6.45) is -0.157. The van der Waals surface area contributed by atoms with Crippen LogP contribution in [0.1, 0.15) is 43.7 Å². The van der Waals surface area contributed by atoms with Gasteiger partial charge in [0.05, 0.1) is 29.3 Å². The Balaban J connectivity index is 2.11. The van der Waals surface area contributed by atoms with Gasteiger partial charge in [0.15, 0.2) is 5.78 Å². The lowest BCUT2D eigenvalue weighted by Crippen LogP contribution is -2.40. The first kappa shape index (κ1) is 21.7. The zero-order valence-electron chi connectivity index (χ0n) is 17.0. The van der Waals surface area contributed by atoms with Gasteiger partial charge >= 0.3 is 12.2 Å². The molecule has 0 bridgehead atoms. The van der Waals surface area contributed by atoms with Crippen LogP contribution >= 0.6 is 0 Å². The first-order valence-electron chi connectivity index (χ1n) is 9.69. The van der Waals surface area contributed by atoms with Gasteiger partial charge in [0.2, 0.25) is 0 Å². The van der Waals surface area contributed by atoms with Gasteiger partial charge in [0, 0.05) is 32.9 Å². The van der Waals surface area contributed by atoms with E-state index in [1.165, 1.54) is 22.8 Å². The maximum atomic E-state index is 13.5. The number of Topliss-reactive ketones (excluding diaryl/α,β-unsaturated/α-hetero) is 1. The van der Waals surface area contributed by atoms with Crippen molar-refractivity contribution in [1.29, 1.82) is 5.26 Å². The lowest BCUT2D eigenvalue weighted by molar-refractivity contribution is -0.137. The second-order valence-corrected chi connectivity index (χ2v) is 7.82. The quantitative estimate of drug-likeness (QED) is 0.687. The molecule has 0 spiro atoms. The molecular formula is C21H23F3N4O2. The first-order chi connectivity index (χ1) is 14.1. The van der Waals surface area contributed by atoms with Crippen LogP contribution in [0.15, 0.2) is 30.1 Å². The number of carbonyl (C=O) groups excluding carboxylic acids is 2. The molecule has 1 aliphatic heterocycles. The van der Waals surface area contributed by atoms with Crippen molar-refractivity contribution in [3.63, 3.8) is 0 Å². The van der Waals surface area contributed by atoms with Crippen LogP contribution in [0.2, 0.25) is 0 Å². The number of hydrogen-bond acceptors (Lipinski definition) is 4. The molecular weight excluding hydrogens is 397 g/mol. The van der Waals surface area contributed by atoms with Crippen molar-refractivity contribution in [1.82, 2.24) is 9.80 Å². The Bertz CT molecular complexity index is 933. The standard InChI is InChI=1S/C21H23F3N4O2/c1-13(29)19(12-26(2)3)28-18-7-5-4-6-17(18)27(20(28)30)15-9-8-14(11-25)16(10-15)21(22,23)24/h8-10,12,17-18H,4-7H2,1-3H3/b19-12+. The normalized spacial score (nSPS) is 22.0. The number of nitriles is 1. The fourth-order valence-corrected chi connectivity index (χ4v) is 4.26. The lowest BCUT2D eigenvalue weighted by atomic mass is 9.89. The molecule has 2 amide bonds.